The van der Waals surface area contributed by atoms with Gasteiger partial charge in [-0.1, -0.05) is 49.6 Å². The predicted molar refractivity (Wildman–Crippen MR) is 92.1 cm³/mol. The number of benzene rings is 2. The van der Waals surface area contributed by atoms with Gasteiger partial charge in [-0.05, 0) is 25.0 Å². The Morgan fingerprint density at radius 3 is 2.00 bits per heavy atom. The van der Waals surface area contributed by atoms with E-state index >= 15 is 0 Å². The maximum atomic E-state index is 12.8. The number of carbonyl (C=O) groups is 3. The summed E-state index contributed by atoms with van der Waals surface area (Å²) in [6, 6.07) is 11.3. The topological polar surface area (TPSA) is 71.4 Å². The van der Waals surface area contributed by atoms with Crippen molar-refractivity contribution >= 4 is 17.3 Å². The van der Waals surface area contributed by atoms with E-state index in [2.05, 4.69) is 0 Å². The molecule has 2 aliphatic carbocycles. The Morgan fingerprint density at radius 1 is 0.800 bits per heavy atom. The second-order valence-corrected chi connectivity index (χ2v) is 6.89. The van der Waals surface area contributed by atoms with Crippen molar-refractivity contribution < 1.29 is 19.5 Å². The first-order valence-corrected chi connectivity index (χ1v) is 8.61. The maximum Gasteiger partial charge on any atom is 0.194 e. The zero-order valence-corrected chi connectivity index (χ0v) is 13.7. The molecule has 0 spiro atoms. The van der Waals surface area contributed by atoms with Crippen molar-refractivity contribution in [3.05, 3.63) is 70.3 Å². The quantitative estimate of drug-likeness (QED) is 0.730. The van der Waals surface area contributed by atoms with Crippen molar-refractivity contribution in [1.29, 1.82) is 0 Å². The fourth-order valence-corrected chi connectivity index (χ4v) is 3.87. The number of carbonyl (C=O) groups excluding carboxylic acids is 3. The number of Topliss-reactive ketones (excluding diaryl/α,β-unsaturated/α-hetero) is 1. The van der Waals surface area contributed by atoms with E-state index in [4.69, 9.17) is 0 Å². The lowest BCUT2D eigenvalue weighted by Crippen LogP contribution is -2.40. The van der Waals surface area contributed by atoms with Gasteiger partial charge in [0.15, 0.2) is 17.3 Å². The van der Waals surface area contributed by atoms with E-state index in [1.165, 1.54) is 12.1 Å². The van der Waals surface area contributed by atoms with Crippen LogP contribution in [0.15, 0.2) is 42.5 Å². The molecule has 1 saturated carbocycles. The van der Waals surface area contributed by atoms with E-state index in [0.717, 1.165) is 19.3 Å². The maximum absolute atomic E-state index is 12.8. The average molecular weight is 334 g/mol. The minimum absolute atomic E-state index is 0.208. The molecule has 1 N–H and O–H groups in total. The lowest BCUT2D eigenvalue weighted by molar-refractivity contribution is 0.0116. The molecule has 2 aliphatic rings. The van der Waals surface area contributed by atoms with Gasteiger partial charge in [-0.25, -0.2) is 0 Å². The summed E-state index contributed by atoms with van der Waals surface area (Å²) in [5, 5.41) is 10.7. The molecule has 0 bridgehead atoms. The summed E-state index contributed by atoms with van der Waals surface area (Å²) < 4.78 is 0. The van der Waals surface area contributed by atoms with Gasteiger partial charge in [0, 0.05) is 27.8 Å². The van der Waals surface area contributed by atoms with E-state index in [0.29, 0.717) is 35.1 Å². The Hall–Kier alpha value is -2.59. The molecule has 0 aromatic heterocycles. The first-order chi connectivity index (χ1) is 12.0. The van der Waals surface area contributed by atoms with Crippen LogP contribution in [0.25, 0.3) is 0 Å². The van der Waals surface area contributed by atoms with E-state index < -0.39 is 5.60 Å². The van der Waals surface area contributed by atoms with Crippen LogP contribution in [-0.2, 0) is 0 Å². The van der Waals surface area contributed by atoms with Crippen LogP contribution in [0.5, 0.6) is 0 Å². The number of ketones is 3. The predicted octanol–water partition coefficient (Wildman–Crippen LogP) is 3.34. The highest BCUT2D eigenvalue weighted by molar-refractivity contribution is 6.28. The van der Waals surface area contributed by atoms with Crippen LogP contribution in [0.1, 0.15) is 74.3 Å². The summed E-state index contributed by atoms with van der Waals surface area (Å²) in [4.78, 5) is 38.2. The summed E-state index contributed by atoms with van der Waals surface area (Å²) in [7, 11) is 0. The van der Waals surface area contributed by atoms with Crippen LogP contribution in [-0.4, -0.2) is 28.1 Å². The molecule has 4 heteroatoms. The number of fused-ring (bicyclic) bond motifs is 2. The number of rotatable bonds is 2. The summed E-state index contributed by atoms with van der Waals surface area (Å²) in [6.45, 7) is 0. The molecule has 1 fully saturated rings. The van der Waals surface area contributed by atoms with Crippen molar-refractivity contribution in [2.45, 2.75) is 37.7 Å². The minimum atomic E-state index is -1.36. The van der Waals surface area contributed by atoms with Crippen molar-refractivity contribution in [2.75, 3.05) is 0 Å². The van der Waals surface area contributed by atoms with Crippen molar-refractivity contribution in [3.63, 3.8) is 0 Å². The zero-order chi connectivity index (χ0) is 17.6. The largest absolute Gasteiger partial charge is 0.382 e. The lowest BCUT2D eigenvalue weighted by Gasteiger charge is -2.30. The Labute approximate surface area is 145 Å². The van der Waals surface area contributed by atoms with Crippen LogP contribution in [0.3, 0.4) is 0 Å². The molecule has 126 valence electrons. The van der Waals surface area contributed by atoms with E-state index in [1.54, 1.807) is 30.3 Å². The third kappa shape index (κ3) is 2.45. The second kappa shape index (κ2) is 5.74. The Morgan fingerprint density at radius 2 is 1.36 bits per heavy atom. The van der Waals surface area contributed by atoms with E-state index in [-0.39, 0.29) is 22.9 Å². The molecule has 2 aromatic rings. The van der Waals surface area contributed by atoms with Crippen LogP contribution >= 0.6 is 0 Å². The highest BCUT2D eigenvalue weighted by atomic mass is 16.3. The van der Waals surface area contributed by atoms with Gasteiger partial charge < -0.3 is 5.11 Å². The van der Waals surface area contributed by atoms with Gasteiger partial charge >= 0.3 is 0 Å². The molecule has 4 nitrogen and oxygen atoms in total. The zero-order valence-electron chi connectivity index (χ0n) is 13.7. The van der Waals surface area contributed by atoms with Crippen molar-refractivity contribution in [3.8, 4) is 0 Å². The van der Waals surface area contributed by atoms with Gasteiger partial charge in [0.2, 0.25) is 0 Å². The highest BCUT2D eigenvalue weighted by Gasteiger charge is 2.38. The minimum Gasteiger partial charge on any atom is -0.382 e. The van der Waals surface area contributed by atoms with Gasteiger partial charge in [0.25, 0.3) is 0 Å². The van der Waals surface area contributed by atoms with Gasteiger partial charge in [0.05, 0.1) is 0 Å². The number of hydrogen-bond donors (Lipinski definition) is 1. The van der Waals surface area contributed by atoms with Gasteiger partial charge in [0.1, 0.15) is 5.60 Å². The van der Waals surface area contributed by atoms with Crippen molar-refractivity contribution in [2.24, 2.45) is 0 Å². The molecule has 4 rings (SSSR count). The van der Waals surface area contributed by atoms with E-state index in [1.807, 2.05) is 0 Å². The molecule has 2 aromatic carbocycles. The summed E-state index contributed by atoms with van der Waals surface area (Å²) in [6.07, 6.45) is 3.54. The Balaban J connectivity index is 1.77. The number of hydrogen-bond acceptors (Lipinski definition) is 4. The first kappa shape index (κ1) is 15.9. The van der Waals surface area contributed by atoms with Crippen LogP contribution in [0.4, 0.5) is 0 Å². The molecule has 25 heavy (non-hydrogen) atoms. The number of aliphatic hydroxyl groups is 1. The van der Waals surface area contributed by atoms with Crippen molar-refractivity contribution in [1.82, 2.24) is 0 Å². The monoisotopic (exact) mass is 334 g/mol. The van der Waals surface area contributed by atoms with E-state index in [9.17, 15) is 19.5 Å². The van der Waals surface area contributed by atoms with Gasteiger partial charge in [-0.2, -0.15) is 0 Å². The second-order valence-electron chi connectivity index (χ2n) is 6.89. The molecule has 0 radical (unpaired) electrons. The molecular formula is C21H18O4. The van der Waals surface area contributed by atoms with Gasteiger partial charge in [-0.3, -0.25) is 14.4 Å². The fourth-order valence-electron chi connectivity index (χ4n) is 3.87. The average Bonchev–Trinajstić information content (AvgIpc) is 2.65. The third-order valence-corrected chi connectivity index (χ3v) is 5.29. The molecule has 0 amide bonds. The molecule has 0 atom stereocenters. The standard InChI is InChI=1S/C21H18O4/c22-18-14-6-2-3-7-15(14)19(23)17-12-13(8-9-16(17)18)20(24)21(25)10-4-1-5-11-21/h2-3,6-9,12,25H,1,4-5,10-11H2. The highest BCUT2D eigenvalue weighted by Crippen LogP contribution is 2.33. The molecule has 0 heterocycles. The fraction of sp³-hybridized carbons (Fsp3) is 0.286. The normalized spacial score (nSPS) is 18.4. The molecule has 0 unspecified atom stereocenters. The van der Waals surface area contributed by atoms with Crippen LogP contribution in [0, 0.1) is 0 Å². The molecule has 0 aliphatic heterocycles. The third-order valence-electron chi connectivity index (χ3n) is 5.29. The Kier molecular flexibility index (Phi) is 3.65. The molecule has 0 saturated heterocycles. The lowest BCUT2D eigenvalue weighted by atomic mass is 9.78. The summed E-state index contributed by atoms with van der Waals surface area (Å²) in [5.41, 5.74) is 0.256. The molecular weight excluding hydrogens is 316 g/mol. The first-order valence-electron chi connectivity index (χ1n) is 8.61. The summed E-state index contributed by atoms with van der Waals surface area (Å²) in [5.74, 6) is -0.815. The Bertz CT molecular complexity index is 904. The summed E-state index contributed by atoms with van der Waals surface area (Å²) >= 11 is 0. The SMILES string of the molecule is O=C1c2ccccc2C(=O)c2cc(C(=O)C3(O)CCCCC3)ccc21. The van der Waals surface area contributed by atoms with Crippen LogP contribution in [0.2, 0.25) is 0 Å². The van der Waals surface area contributed by atoms with Gasteiger partial charge in [-0.15, -0.1) is 0 Å². The smallest absolute Gasteiger partial charge is 0.194 e. The van der Waals surface area contributed by atoms with Crippen LogP contribution < -0.4 is 0 Å².